The molecule has 0 bridgehead atoms. The van der Waals surface area contributed by atoms with Gasteiger partial charge in [-0.15, -0.1) is 0 Å². The van der Waals surface area contributed by atoms with Gasteiger partial charge >= 0.3 is 0 Å². The van der Waals surface area contributed by atoms with E-state index >= 15 is 0 Å². The Morgan fingerprint density at radius 2 is 2.00 bits per heavy atom. The van der Waals surface area contributed by atoms with Crippen LogP contribution in [0.25, 0.3) is 10.9 Å². The van der Waals surface area contributed by atoms with Crippen LogP contribution in [0.2, 0.25) is 0 Å². The topological polar surface area (TPSA) is 27.8 Å². The molecule has 0 saturated carbocycles. The van der Waals surface area contributed by atoms with E-state index in [1.54, 1.807) is 0 Å². The number of fused-ring (bicyclic) bond motifs is 1. The van der Waals surface area contributed by atoms with Crippen molar-refractivity contribution in [3.8, 4) is 0 Å². The summed E-state index contributed by atoms with van der Waals surface area (Å²) in [5.41, 5.74) is 2.62. The molecule has 0 unspecified atom stereocenters. The minimum Gasteiger partial charge on any atom is -0.361 e. The Morgan fingerprint density at radius 1 is 1.11 bits per heavy atom. The van der Waals surface area contributed by atoms with E-state index in [1.807, 2.05) is 18.0 Å². The summed E-state index contributed by atoms with van der Waals surface area (Å²) in [6.45, 7) is 2.10. The summed E-state index contributed by atoms with van der Waals surface area (Å²) >= 11 is 1.95. The van der Waals surface area contributed by atoms with Gasteiger partial charge in [-0.1, -0.05) is 25.0 Å². The van der Waals surface area contributed by atoms with Crippen molar-refractivity contribution in [1.82, 2.24) is 10.3 Å². The first kappa shape index (κ1) is 14.5. The van der Waals surface area contributed by atoms with Crippen LogP contribution in [0.4, 0.5) is 0 Å². The Kier molecular flexibility index (Phi) is 6.31. The van der Waals surface area contributed by atoms with Crippen LogP contribution in [-0.2, 0) is 6.54 Å². The number of rotatable bonds is 9. The highest BCUT2D eigenvalue weighted by atomic mass is 32.2. The van der Waals surface area contributed by atoms with Crippen molar-refractivity contribution >= 4 is 22.7 Å². The molecule has 0 atom stereocenters. The molecule has 0 saturated heterocycles. The van der Waals surface area contributed by atoms with E-state index < -0.39 is 0 Å². The lowest BCUT2D eigenvalue weighted by Crippen LogP contribution is -2.14. The van der Waals surface area contributed by atoms with Crippen molar-refractivity contribution in [2.75, 3.05) is 18.6 Å². The number of aromatic nitrogens is 1. The lowest BCUT2D eigenvalue weighted by Gasteiger charge is -2.06. The highest BCUT2D eigenvalue weighted by molar-refractivity contribution is 7.98. The van der Waals surface area contributed by atoms with Crippen molar-refractivity contribution in [2.24, 2.45) is 0 Å². The smallest absolute Gasteiger partial charge is 0.0457 e. The highest BCUT2D eigenvalue weighted by Gasteiger charge is 2.00. The van der Waals surface area contributed by atoms with Crippen LogP contribution in [0.1, 0.15) is 31.2 Å². The molecule has 2 aromatic rings. The van der Waals surface area contributed by atoms with Crippen LogP contribution in [-0.4, -0.2) is 23.5 Å². The molecule has 0 aliphatic carbocycles. The molecule has 0 amide bonds. The summed E-state index contributed by atoms with van der Waals surface area (Å²) in [6, 6.07) is 8.62. The molecule has 0 spiro atoms. The normalized spacial score (nSPS) is 11.2. The lowest BCUT2D eigenvalue weighted by atomic mass is 10.1. The maximum atomic E-state index is 3.56. The second-order valence-corrected chi connectivity index (χ2v) is 5.93. The van der Waals surface area contributed by atoms with E-state index in [0.29, 0.717) is 0 Å². The van der Waals surface area contributed by atoms with E-state index in [-0.39, 0.29) is 0 Å². The highest BCUT2D eigenvalue weighted by Crippen LogP contribution is 2.16. The third-order valence-corrected chi connectivity index (χ3v) is 4.15. The first-order chi connectivity index (χ1) is 9.42. The van der Waals surface area contributed by atoms with Crippen LogP contribution in [0.3, 0.4) is 0 Å². The fourth-order valence-corrected chi connectivity index (χ4v) is 2.87. The lowest BCUT2D eigenvalue weighted by molar-refractivity contribution is 0.600. The predicted octanol–water partition coefficient (Wildman–Crippen LogP) is 4.18. The molecule has 19 heavy (non-hydrogen) atoms. The van der Waals surface area contributed by atoms with Gasteiger partial charge < -0.3 is 10.3 Å². The molecule has 1 heterocycles. The second-order valence-electron chi connectivity index (χ2n) is 4.94. The third-order valence-electron chi connectivity index (χ3n) is 3.45. The van der Waals surface area contributed by atoms with Crippen LogP contribution < -0.4 is 5.32 Å². The van der Waals surface area contributed by atoms with Crippen LogP contribution in [0, 0.1) is 0 Å². The molecule has 2 nitrogen and oxygen atoms in total. The van der Waals surface area contributed by atoms with Crippen molar-refractivity contribution < 1.29 is 0 Å². The van der Waals surface area contributed by atoms with Crippen molar-refractivity contribution in [3.05, 3.63) is 36.0 Å². The summed E-state index contributed by atoms with van der Waals surface area (Å²) in [5.74, 6) is 1.31. The number of nitrogens with one attached hydrogen (secondary N) is 2. The van der Waals surface area contributed by atoms with Gasteiger partial charge in [-0.05, 0) is 49.1 Å². The molecule has 1 aromatic heterocycles. The summed E-state index contributed by atoms with van der Waals surface area (Å²) in [6.07, 6.45) is 9.57. The monoisotopic (exact) mass is 276 g/mol. The Balaban J connectivity index is 1.64. The molecule has 2 N–H and O–H groups in total. The van der Waals surface area contributed by atoms with E-state index in [1.165, 1.54) is 47.9 Å². The largest absolute Gasteiger partial charge is 0.361 e. The van der Waals surface area contributed by atoms with Gasteiger partial charge in [0.15, 0.2) is 0 Å². The van der Waals surface area contributed by atoms with Crippen LogP contribution in [0.15, 0.2) is 30.5 Å². The summed E-state index contributed by atoms with van der Waals surface area (Å²) in [7, 11) is 0. The number of unbranched alkanes of at least 4 members (excludes halogenated alkanes) is 3. The molecule has 1 aromatic carbocycles. The van der Waals surface area contributed by atoms with E-state index in [4.69, 9.17) is 0 Å². The Bertz CT molecular complexity index is 478. The van der Waals surface area contributed by atoms with E-state index in [0.717, 1.165) is 13.1 Å². The summed E-state index contributed by atoms with van der Waals surface area (Å²) in [5, 5.41) is 4.90. The van der Waals surface area contributed by atoms with Gasteiger partial charge in [0.1, 0.15) is 0 Å². The zero-order chi connectivity index (χ0) is 13.3. The maximum Gasteiger partial charge on any atom is 0.0457 e. The maximum absolute atomic E-state index is 3.56. The molecule has 3 heteroatoms. The van der Waals surface area contributed by atoms with Gasteiger partial charge in [-0.25, -0.2) is 0 Å². The zero-order valence-electron chi connectivity index (χ0n) is 11.7. The van der Waals surface area contributed by atoms with E-state index in [2.05, 4.69) is 40.8 Å². The zero-order valence-corrected chi connectivity index (χ0v) is 12.6. The van der Waals surface area contributed by atoms with Crippen molar-refractivity contribution in [2.45, 2.75) is 32.2 Å². The van der Waals surface area contributed by atoms with E-state index in [9.17, 15) is 0 Å². The third kappa shape index (κ3) is 4.59. The number of H-pyrrole nitrogens is 1. The molecule has 0 fully saturated rings. The fourth-order valence-electron chi connectivity index (χ4n) is 2.38. The fraction of sp³-hybridized carbons (Fsp3) is 0.500. The number of thioether (sulfide) groups is 1. The van der Waals surface area contributed by atoms with Crippen molar-refractivity contribution in [3.63, 3.8) is 0 Å². The summed E-state index contributed by atoms with van der Waals surface area (Å²) < 4.78 is 0. The molecule has 104 valence electrons. The Labute approximate surface area is 120 Å². The minimum absolute atomic E-state index is 0.972. The molecule has 0 aliphatic heterocycles. The van der Waals surface area contributed by atoms with Crippen molar-refractivity contribution in [1.29, 1.82) is 0 Å². The van der Waals surface area contributed by atoms with Gasteiger partial charge in [-0.2, -0.15) is 11.8 Å². The molecule has 0 radical (unpaired) electrons. The first-order valence-electron chi connectivity index (χ1n) is 7.16. The van der Waals surface area contributed by atoms with Gasteiger partial charge in [-0.3, -0.25) is 0 Å². The van der Waals surface area contributed by atoms with Crippen LogP contribution >= 0.6 is 11.8 Å². The number of aromatic amines is 1. The average molecular weight is 276 g/mol. The summed E-state index contributed by atoms with van der Waals surface area (Å²) in [4.78, 5) is 3.26. The Hall–Kier alpha value is -0.930. The van der Waals surface area contributed by atoms with Gasteiger partial charge in [0, 0.05) is 23.6 Å². The molecular formula is C16H24N2S. The first-order valence-corrected chi connectivity index (χ1v) is 8.56. The average Bonchev–Trinajstić information content (AvgIpc) is 2.91. The Morgan fingerprint density at radius 3 is 2.89 bits per heavy atom. The van der Waals surface area contributed by atoms with Gasteiger partial charge in [0.2, 0.25) is 0 Å². The molecular weight excluding hydrogens is 252 g/mol. The predicted molar refractivity (Wildman–Crippen MR) is 86.9 cm³/mol. The molecule has 0 aliphatic rings. The van der Waals surface area contributed by atoms with Crippen LogP contribution in [0.5, 0.6) is 0 Å². The number of hydrogen-bond donors (Lipinski definition) is 2. The number of benzene rings is 1. The standard InChI is InChI=1S/C16H24N2S/c1-19-12-5-3-2-4-10-17-13-14-7-6-8-16-15(14)9-11-18-16/h6-9,11,17-18H,2-5,10,12-13H2,1H3. The quantitative estimate of drug-likeness (QED) is 0.672. The second kappa shape index (κ2) is 8.28. The van der Waals surface area contributed by atoms with Gasteiger partial charge in [0.25, 0.3) is 0 Å². The number of hydrogen-bond acceptors (Lipinski definition) is 2. The SMILES string of the molecule is CSCCCCCCNCc1cccc2[nH]ccc12. The molecule has 2 rings (SSSR count). The minimum atomic E-state index is 0.972. The van der Waals surface area contributed by atoms with Gasteiger partial charge in [0.05, 0.1) is 0 Å².